The van der Waals surface area contributed by atoms with Gasteiger partial charge in [-0.15, -0.1) is 0 Å². The van der Waals surface area contributed by atoms with Gasteiger partial charge in [0, 0.05) is 6.54 Å². The van der Waals surface area contributed by atoms with Gasteiger partial charge in [0.1, 0.15) is 11.6 Å². The van der Waals surface area contributed by atoms with E-state index in [0.29, 0.717) is 25.5 Å². The summed E-state index contributed by atoms with van der Waals surface area (Å²) in [4.78, 5) is 27.1. The number of hydrogen-bond donors (Lipinski definition) is 1. The highest BCUT2D eigenvalue weighted by atomic mass is 16.5. The van der Waals surface area contributed by atoms with Crippen LogP contribution >= 0.6 is 0 Å². The first kappa shape index (κ1) is 16.3. The standard InChI is InChI=1S/C16H28N2O3/c1-5-6-13-14(19)18(9-10-21-11(2)3)16(4,12-7-8-12)15(20)17-13/h11-13H,5-10H2,1-4H3,(H,17,20). The molecule has 1 saturated carbocycles. The molecule has 0 aromatic carbocycles. The number of piperazine rings is 1. The quantitative estimate of drug-likeness (QED) is 0.778. The van der Waals surface area contributed by atoms with Crippen molar-refractivity contribution in [3.05, 3.63) is 0 Å². The zero-order valence-electron chi connectivity index (χ0n) is 13.6. The van der Waals surface area contributed by atoms with Crippen molar-refractivity contribution >= 4 is 11.8 Å². The second-order valence-corrected chi connectivity index (χ2v) is 6.65. The van der Waals surface area contributed by atoms with Gasteiger partial charge in [-0.1, -0.05) is 13.3 Å². The molecule has 0 aromatic heterocycles. The molecule has 0 bridgehead atoms. The molecule has 2 amide bonds. The number of carbonyl (C=O) groups is 2. The molecule has 5 heteroatoms. The van der Waals surface area contributed by atoms with Gasteiger partial charge in [-0.25, -0.2) is 0 Å². The zero-order chi connectivity index (χ0) is 15.6. The molecular formula is C16H28N2O3. The average Bonchev–Trinajstić information content (AvgIpc) is 3.24. The summed E-state index contributed by atoms with van der Waals surface area (Å²) >= 11 is 0. The van der Waals surface area contributed by atoms with E-state index in [1.165, 1.54) is 0 Å². The van der Waals surface area contributed by atoms with E-state index in [4.69, 9.17) is 4.74 Å². The summed E-state index contributed by atoms with van der Waals surface area (Å²) in [6, 6.07) is -0.367. The number of nitrogens with one attached hydrogen (secondary N) is 1. The third kappa shape index (κ3) is 3.23. The second-order valence-electron chi connectivity index (χ2n) is 6.65. The molecule has 1 saturated heterocycles. The van der Waals surface area contributed by atoms with Crippen LogP contribution in [0.5, 0.6) is 0 Å². The molecule has 2 rings (SSSR count). The third-order valence-electron chi connectivity index (χ3n) is 4.61. The third-order valence-corrected chi connectivity index (χ3v) is 4.61. The van der Waals surface area contributed by atoms with Gasteiger partial charge in [-0.05, 0) is 46.0 Å². The van der Waals surface area contributed by atoms with E-state index >= 15 is 0 Å². The van der Waals surface area contributed by atoms with Crippen LogP contribution in [0.3, 0.4) is 0 Å². The van der Waals surface area contributed by atoms with E-state index in [2.05, 4.69) is 5.32 Å². The Labute approximate surface area is 127 Å². The van der Waals surface area contributed by atoms with Gasteiger partial charge < -0.3 is 15.0 Å². The van der Waals surface area contributed by atoms with Crippen LogP contribution in [-0.4, -0.2) is 47.6 Å². The fraction of sp³-hybridized carbons (Fsp3) is 0.875. The highest BCUT2D eigenvalue weighted by molar-refractivity contribution is 6.00. The molecule has 2 unspecified atom stereocenters. The number of carbonyl (C=O) groups excluding carboxylic acids is 2. The predicted molar refractivity (Wildman–Crippen MR) is 80.8 cm³/mol. The zero-order valence-corrected chi connectivity index (χ0v) is 13.6. The Bertz CT molecular complexity index is 406. The molecule has 0 aromatic rings. The minimum Gasteiger partial charge on any atom is -0.377 e. The minimum absolute atomic E-state index is 0.00703. The lowest BCUT2D eigenvalue weighted by Gasteiger charge is -2.46. The van der Waals surface area contributed by atoms with Crippen LogP contribution in [0.2, 0.25) is 0 Å². The largest absolute Gasteiger partial charge is 0.377 e. The first-order valence-electron chi connectivity index (χ1n) is 8.15. The number of ether oxygens (including phenoxy) is 1. The van der Waals surface area contributed by atoms with Gasteiger partial charge >= 0.3 is 0 Å². The Balaban J connectivity index is 2.14. The van der Waals surface area contributed by atoms with Gasteiger partial charge in [-0.3, -0.25) is 9.59 Å². The summed E-state index contributed by atoms with van der Waals surface area (Å²) in [5.41, 5.74) is -0.693. The summed E-state index contributed by atoms with van der Waals surface area (Å²) in [6.45, 7) is 8.88. The van der Waals surface area contributed by atoms with Crippen LogP contribution in [0.15, 0.2) is 0 Å². The lowest BCUT2D eigenvalue weighted by molar-refractivity contribution is -0.159. The maximum Gasteiger partial charge on any atom is 0.246 e. The Kier molecular flexibility index (Phi) is 4.91. The highest BCUT2D eigenvalue weighted by Gasteiger charge is 2.56. The summed E-state index contributed by atoms with van der Waals surface area (Å²) in [7, 11) is 0. The Morgan fingerprint density at radius 3 is 2.57 bits per heavy atom. The van der Waals surface area contributed by atoms with Crippen LogP contribution in [0.1, 0.15) is 53.4 Å². The molecular weight excluding hydrogens is 268 g/mol. The van der Waals surface area contributed by atoms with Gasteiger partial charge in [-0.2, -0.15) is 0 Å². The monoisotopic (exact) mass is 296 g/mol. The van der Waals surface area contributed by atoms with E-state index in [1.54, 1.807) is 4.90 Å². The lowest BCUT2D eigenvalue weighted by atomic mass is 9.87. The van der Waals surface area contributed by atoms with E-state index in [0.717, 1.165) is 19.3 Å². The van der Waals surface area contributed by atoms with Crippen molar-refractivity contribution in [3.8, 4) is 0 Å². The second kappa shape index (κ2) is 6.34. The van der Waals surface area contributed by atoms with Crippen molar-refractivity contribution in [1.29, 1.82) is 0 Å². The molecule has 1 aliphatic carbocycles. The Morgan fingerprint density at radius 2 is 2.05 bits per heavy atom. The predicted octanol–water partition coefficient (Wildman–Crippen LogP) is 1.71. The SMILES string of the molecule is CCCC1NC(=O)C(C)(C2CC2)N(CCOC(C)C)C1=O. The van der Waals surface area contributed by atoms with Gasteiger partial charge in [0.25, 0.3) is 0 Å². The molecule has 0 radical (unpaired) electrons. The van der Waals surface area contributed by atoms with E-state index in [9.17, 15) is 9.59 Å². The van der Waals surface area contributed by atoms with Gasteiger partial charge in [0.2, 0.25) is 11.8 Å². The summed E-state index contributed by atoms with van der Waals surface area (Å²) in [5.74, 6) is 0.355. The maximum absolute atomic E-state index is 12.7. The Morgan fingerprint density at radius 1 is 1.38 bits per heavy atom. The van der Waals surface area contributed by atoms with Crippen LogP contribution in [0.25, 0.3) is 0 Å². The van der Waals surface area contributed by atoms with Crippen LogP contribution in [0, 0.1) is 5.92 Å². The first-order valence-corrected chi connectivity index (χ1v) is 8.15. The number of rotatable bonds is 7. The number of hydrogen-bond acceptors (Lipinski definition) is 3. The molecule has 5 nitrogen and oxygen atoms in total. The topological polar surface area (TPSA) is 58.6 Å². The van der Waals surface area contributed by atoms with Crippen molar-refractivity contribution in [1.82, 2.24) is 10.2 Å². The molecule has 2 fully saturated rings. The summed E-state index contributed by atoms with van der Waals surface area (Å²) in [5, 5.41) is 2.94. The van der Waals surface area contributed by atoms with Crippen molar-refractivity contribution < 1.29 is 14.3 Å². The van der Waals surface area contributed by atoms with E-state index < -0.39 is 5.54 Å². The van der Waals surface area contributed by atoms with E-state index in [-0.39, 0.29) is 24.0 Å². The molecule has 21 heavy (non-hydrogen) atoms. The Hall–Kier alpha value is -1.10. The molecule has 0 spiro atoms. The fourth-order valence-corrected chi connectivity index (χ4v) is 3.16. The lowest BCUT2D eigenvalue weighted by Crippen LogP contribution is -2.70. The number of amides is 2. The molecule has 1 aliphatic heterocycles. The first-order chi connectivity index (χ1) is 9.91. The summed E-state index contributed by atoms with van der Waals surface area (Å²) < 4.78 is 5.59. The summed E-state index contributed by atoms with van der Waals surface area (Å²) in [6.07, 6.45) is 3.77. The smallest absolute Gasteiger partial charge is 0.246 e. The normalized spacial score (nSPS) is 30.0. The van der Waals surface area contributed by atoms with Crippen LogP contribution in [-0.2, 0) is 14.3 Å². The molecule has 1 N–H and O–H groups in total. The average molecular weight is 296 g/mol. The fourth-order valence-electron chi connectivity index (χ4n) is 3.16. The van der Waals surface area contributed by atoms with Gasteiger partial charge in [0.15, 0.2) is 0 Å². The minimum atomic E-state index is -0.693. The van der Waals surface area contributed by atoms with E-state index in [1.807, 2.05) is 27.7 Å². The molecule has 2 atom stereocenters. The molecule has 120 valence electrons. The van der Waals surface area contributed by atoms with Gasteiger partial charge in [0.05, 0.1) is 12.7 Å². The maximum atomic E-state index is 12.7. The van der Waals surface area contributed by atoms with Crippen molar-refractivity contribution in [2.45, 2.75) is 71.1 Å². The van der Waals surface area contributed by atoms with Crippen LogP contribution < -0.4 is 5.32 Å². The highest BCUT2D eigenvalue weighted by Crippen LogP contribution is 2.44. The van der Waals surface area contributed by atoms with Crippen molar-refractivity contribution in [3.63, 3.8) is 0 Å². The van der Waals surface area contributed by atoms with Crippen molar-refractivity contribution in [2.75, 3.05) is 13.2 Å². The van der Waals surface area contributed by atoms with Crippen molar-refractivity contribution in [2.24, 2.45) is 5.92 Å². The molecule has 1 heterocycles. The number of nitrogens with zero attached hydrogens (tertiary/aromatic N) is 1. The van der Waals surface area contributed by atoms with Crippen LogP contribution in [0.4, 0.5) is 0 Å². The molecule has 2 aliphatic rings.